The summed E-state index contributed by atoms with van der Waals surface area (Å²) in [6.07, 6.45) is 0. The van der Waals surface area contributed by atoms with Crippen LogP contribution in [0.15, 0.2) is 34.7 Å². The molecule has 2 aromatic carbocycles. The molecule has 7 nitrogen and oxygen atoms in total. The van der Waals surface area contributed by atoms with Crippen LogP contribution in [0.5, 0.6) is 34.5 Å². The second-order valence-corrected chi connectivity index (χ2v) is 4.88. The van der Waals surface area contributed by atoms with Crippen molar-refractivity contribution in [2.24, 2.45) is 0 Å². The van der Waals surface area contributed by atoms with E-state index >= 15 is 0 Å². The summed E-state index contributed by atoms with van der Waals surface area (Å²) in [5.74, 6) is -1.69. The molecule has 1 heterocycles. The molecule has 0 bridgehead atoms. The summed E-state index contributed by atoms with van der Waals surface area (Å²) in [5.41, 5.74) is 0.362. The maximum absolute atomic E-state index is 10.1. The van der Waals surface area contributed by atoms with Crippen molar-refractivity contribution in [1.82, 2.24) is 0 Å². The van der Waals surface area contributed by atoms with Gasteiger partial charge in [0.05, 0.1) is 18.7 Å². The smallest absolute Gasteiger partial charge is 0.402 e. The molecule has 0 atom stereocenters. The van der Waals surface area contributed by atoms with E-state index in [1.165, 1.54) is 31.4 Å². The van der Waals surface area contributed by atoms with Gasteiger partial charge in [0, 0.05) is 24.3 Å². The highest BCUT2D eigenvalue weighted by molar-refractivity contribution is 5.88. The molecule has 0 aliphatic carbocycles. The molecule has 25 heavy (non-hydrogen) atoms. The normalized spacial score (nSPS) is 9.96. The Bertz CT molecular complexity index is 928. The number of hydrogen-bond acceptors (Lipinski definition) is 6. The van der Waals surface area contributed by atoms with Gasteiger partial charge in [-0.1, -0.05) is 0 Å². The second-order valence-electron chi connectivity index (χ2n) is 4.88. The Morgan fingerprint density at radius 3 is 2.12 bits per heavy atom. The van der Waals surface area contributed by atoms with Crippen molar-refractivity contribution in [2.45, 2.75) is 0 Å². The molecular formula is C16H13Cl2O7-. The summed E-state index contributed by atoms with van der Waals surface area (Å²) in [5, 5.41) is 49.0. The predicted molar refractivity (Wildman–Crippen MR) is 80.9 cm³/mol. The van der Waals surface area contributed by atoms with Crippen LogP contribution in [0.1, 0.15) is 0 Å². The molecule has 3 aromatic rings. The number of phenols is 4. The first-order valence-corrected chi connectivity index (χ1v) is 6.53. The highest BCUT2D eigenvalue weighted by Gasteiger charge is 2.26. The van der Waals surface area contributed by atoms with E-state index in [4.69, 9.17) is 9.15 Å². The molecule has 9 heteroatoms. The van der Waals surface area contributed by atoms with Gasteiger partial charge in [0.1, 0.15) is 16.9 Å². The van der Waals surface area contributed by atoms with Crippen molar-refractivity contribution in [3.8, 4) is 45.8 Å². The van der Waals surface area contributed by atoms with Gasteiger partial charge in [0.15, 0.2) is 11.5 Å². The molecule has 0 aliphatic heterocycles. The summed E-state index contributed by atoms with van der Waals surface area (Å²) in [6, 6.07) is 6.20. The minimum Gasteiger partial charge on any atom is -1.00 e. The average Bonchev–Trinajstić information content (AvgIpc) is 2.50. The largest absolute Gasteiger partial charge is 1.00 e. The van der Waals surface area contributed by atoms with Crippen LogP contribution in [0, 0.1) is 0 Å². The van der Waals surface area contributed by atoms with Gasteiger partial charge in [-0.05, 0) is 0 Å². The van der Waals surface area contributed by atoms with Gasteiger partial charge in [-0.2, -0.15) is 0 Å². The first kappa shape index (κ1) is 20.3. The first-order valence-electron chi connectivity index (χ1n) is 6.53. The van der Waals surface area contributed by atoms with Gasteiger partial charge in [-0.3, -0.25) is 0 Å². The highest BCUT2D eigenvalue weighted by atomic mass is 35.5. The van der Waals surface area contributed by atoms with E-state index in [1.54, 1.807) is 0 Å². The summed E-state index contributed by atoms with van der Waals surface area (Å²) < 4.78 is 10.5. The summed E-state index contributed by atoms with van der Waals surface area (Å²) in [4.78, 5) is 0. The fourth-order valence-corrected chi connectivity index (χ4v) is 2.28. The quantitative estimate of drug-likeness (QED) is 0.233. The molecule has 5 N–H and O–H groups in total. The molecule has 1 aromatic heterocycles. The Kier molecular flexibility index (Phi) is 6.01. The van der Waals surface area contributed by atoms with E-state index in [9.17, 15) is 25.5 Å². The van der Waals surface area contributed by atoms with Crippen LogP contribution in [0.4, 0.5) is 0 Å². The lowest BCUT2D eigenvalue weighted by Crippen LogP contribution is -3.00. The Labute approximate surface area is 154 Å². The van der Waals surface area contributed by atoms with E-state index in [2.05, 4.69) is 0 Å². The van der Waals surface area contributed by atoms with Crippen molar-refractivity contribution < 1.29 is 59.5 Å². The standard InChI is InChI=1S/C16H12O7.2ClH/c1-22-14-3-7(2-11(19)15(14)21)16-12(20)6-9-10(18)4-8(17)5-13(9)23-16;;/h2-6H,1H3,(H4-,17,18,19,20,21);2*1H/p-1. The summed E-state index contributed by atoms with van der Waals surface area (Å²) >= 11 is 0. The van der Waals surface area contributed by atoms with Crippen LogP contribution in [0.2, 0.25) is 0 Å². The molecule has 0 unspecified atom stereocenters. The van der Waals surface area contributed by atoms with E-state index < -0.39 is 11.5 Å². The van der Waals surface area contributed by atoms with Gasteiger partial charge in [-0.25, -0.2) is 4.42 Å². The number of methoxy groups -OCH3 is 1. The lowest BCUT2D eigenvalue weighted by molar-refractivity contribution is -0.001000. The van der Waals surface area contributed by atoms with Crippen molar-refractivity contribution in [3.63, 3.8) is 0 Å². The molecule has 0 fully saturated rings. The Hall–Kier alpha value is -2.77. The van der Waals surface area contributed by atoms with Crippen molar-refractivity contribution in [2.75, 3.05) is 7.11 Å². The Morgan fingerprint density at radius 1 is 0.800 bits per heavy atom. The van der Waals surface area contributed by atoms with E-state index in [1.807, 2.05) is 0 Å². The minimum absolute atomic E-state index is 0. The minimum atomic E-state index is -0.451. The molecule has 0 saturated heterocycles. The van der Waals surface area contributed by atoms with Gasteiger partial charge >= 0.3 is 11.3 Å². The van der Waals surface area contributed by atoms with E-state index in [-0.39, 0.29) is 70.1 Å². The number of rotatable bonds is 2. The molecule has 134 valence electrons. The number of hydrogen-bond donors (Lipinski definition) is 5. The molecule has 0 radical (unpaired) electrons. The number of halogens is 2. The SMILES string of the molecule is COc1cc(-c2[o+]c3cc(O)cc(O)c3cc2O)cc(O)c1O.[Cl-].[Cl-]. The number of aromatic hydroxyl groups is 5. The fraction of sp³-hybridized carbons (Fsp3) is 0.0625. The zero-order chi connectivity index (χ0) is 16.7. The lowest BCUT2D eigenvalue weighted by atomic mass is 10.1. The molecule has 0 saturated carbocycles. The zero-order valence-electron chi connectivity index (χ0n) is 12.7. The van der Waals surface area contributed by atoms with Crippen LogP contribution in [-0.2, 0) is 0 Å². The zero-order valence-corrected chi connectivity index (χ0v) is 14.2. The monoisotopic (exact) mass is 387 g/mol. The Balaban J connectivity index is 0.00000156. The summed E-state index contributed by atoms with van der Waals surface area (Å²) in [6.45, 7) is 0. The topological polar surface area (TPSA) is 122 Å². The lowest BCUT2D eigenvalue weighted by Gasteiger charge is -2.06. The third-order valence-electron chi connectivity index (χ3n) is 3.37. The molecule has 0 amide bonds. The van der Waals surface area contributed by atoms with Gasteiger partial charge in [0.25, 0.3) is 0 Å². The van der Waals surface area contributed by atoms with Gasteiger partial charge < -0.3 is 55.1 Å². The third kappa shape index (κ3) is 3.52. The van der Waals surface area contributed by atoms with Crippen molar-refractivity contribution >= 4 is 11.0 Å². The van der Waals surface area contributed by atoms with Crippen molar-refractivity contribution in [3.05, 3.63) is 30.3 Å². The number of ether oxygens (including phenoxy) is 1. The molecule has 0 aliphatic rings. The third-order valence-corrected chi connectivity index (χ3v) is 3.37. The number of phenolic OH excluding ortho intramolecular Hbond substituents is 4. The number of fused-ring (bicyclic) bond motifs is 1. The fourth-order valence-electron chi connectivity index (χ4n) is 2.28. The maximum Gasteiger partial charge on any atom is 0.402 e. The van der Waals surface area contributed by atoms with E-state index in [0.29, 0.717) is 0 Å². The van der Waals surface area contributed by atoms with Crippen LogP contribution in [0.25, 0.3) is 22.3 Å². The predicted octanol–water partition coefficient (Wildman–Crippen LogP) is -3.07. The van der Waals surface area contributed by atoms with Crippen LogP contribution in [-0.4, -0.2) is 32.6 Å². The van der Waals surface area contributed by atoms with Crippen LogP contribution in [0.3, 0.4) is 0 Å². The van der Waals surface area contributed by atoms with E-state index in [0.717, 1.165) is 6.07 Å². The Morgan fingerprint density at radius 2 is 1.48 bits per heavy atom. The second kappa shape index (κ2) is 7.42. The first-order chi connectivity index (χ1) is 10.9. The van der Waals surface area contributed by atoms with Crippen LogP contribution >= 0.6 is 0 Å². The van der Waals surface area contributed by atoms with Gasteiger partial charge in [0.2, 0.25) is 11.5 Å². The van der Waals surface area contributed by atoms with Gasteiger partial charge in [-0.15, -0.1) is 0 Å². The van der Waals surface area contributed by atoms with Crippen LogP contribution < -0.4 is 29.6 Å². The summed E-state index contributed by atoms with van der Waals surface area (Å²) in [7, 11) is 1.31. The molecule has 3 rings (SSSR count). The average molecular weight is 388 g/mol. The van der Waals surface area contributed by atoms with Crippen molar-refractivity contribution in [1.29, 1.82) is 0 Å². The highest BCUT2D eigenvalue weighted by Crippen LogP contribution is 2.43. The number of benzene rings is 2. The molecule has 0 spiro atoms. The molecular weight excluding hydrogens is 375 g/mol. The maximum atomic E-state index is 10.1.